The van der Waals surface area contributed by atoms with Crippen LogP contribution in [-0.2, 0) is 4.79 Å². The van der Waals surface area contributed by atoms with Gasteiger partial charge in [-0.1, -0.05) is 24.0 Å². The highest BCUT2D eigenvalue weighted by Crippen LogP contribution is 2.61. The molecule has 0 saturated heterocycles. The van der Waals surface area contributed by atoms with Crippen LogP contribution in [0.4, 0.5) is 5.82 Å². The van der Waals surface area contributed by atoms with E-state index in [0.717, 1.165) is 25.7 Å². The molecule has 2 aromatic rings. The van der Waals surface area contributed by atoms with Crippen molar-refractivity contribution in [3.63, 3.8) is 0 Å². The maximum absolute atomic E-state index is 10.9. The monoisotopic (exact) mass is 349 g/mol. The first kappa shape index (κ1) is 16.4. The summed E-state index contributed by atoms with van der Waals surface area (Å²) in [5, 5.41) is 27.0. The van der Waals surface area contributed by atoms with Crippen LogP contribution >= 0.6 is 0 Å². The molecule has 4 rings (SSSR count). The molecular weight excluding hydrogens is 330 g/mol. The number of carboxylic acid groups (broad SMARTS) is 1. The predicted octanol–water partition coefficient (Wildman–Crippen LogP) is 2.67. The number of phenols is 1. The minimum atomic E-state index is -0.683. The Hall–Kier alpha value is -3.07. The number of aliphatic carboxylic acids is 1. The van der Waals surface area contributed by atoms with Gasteiger partial charge in [0.2, 0.25) is 0 Å². The number of anilines is 1. The number of para-hydroxylation sites is 1. The van der Waals surface area contributed by atoms with Crippen LogP contribution in [0.15, 0.2) is 30.3 Å². The number of aromatic nitrogens is 2. The third-order valence-electron chi connectivity index (χ3n) is 5.48. The maximum atomic E-state index is 10.9. The number of rotatable bonds is 2. The van der Waals surface area contributed by atoms with Crippen LogP contribution in [0.3, 0.4) is 0 Å². The van der Waals surface area contributed by atoms with Gasteiger partial charge >= 0.3 is 5.97 Å². The average Bonchev–Trinajstić information content (AvgIpc) is 2.53. The van der Waals surface area contributed by atoms with Crippen LogP contribution < -0.4 is 5.73 Å². The van der Waals surface area contributed by atoms with Crippen molar-refractivity contribution in [2.75, 3.05) is 5.73 Å². The molecule has 132 valence electrons. The quantitative estimate of drug-likeness (QED) is 0.719. The van der Waals surface area contributed by atoms with Crippen LogP contribution in [0.25, 0.3) is 11.3 Å². The Morgan fingerprint density at radius 3 is 2.62 bits per heavy atom. The number of aromatic hydroxyl groups is 1. The van der Waals surface area contributed by atoms with Crippen LogP contribution in [0.1, 0.15) is 31.2 Å². The molecule has 0 atom stereocenters. The van der Waals surface area contributed by atoms with Crippen molar-refractivity contribution in [2.24, 2.45) is 17.3 Å². The number of nitrogen functional groups attached to an aromatic ring is 1. The normalized spacial score (nSPS) is 26.3. The molecule has 6 heteroatoms. The van der Waals surface area contributed by atoms with Crippen molar-refractivity contribution in [2.45, 2.75) is 25.7 Å². The molecule has 0 unspecified atom stereocenters. The summed E-state index contributed by atoms with van der Waals surface area (Å²) in [6.07, 6.45) is 3.46. The lowest BCUT2D eigenvalue weighted by Gasteiger charge is -2.55. The van der Waals surface area contributed by atoms with E-state index in [1.165, 1.54) is 0 Å². The van der Waals surface area contributed by atoms with Crippen molar-refractivity contribution < 1.29 is 15.0 Å². The Kier molecular flexibility index (Phi) is 3.80. The molecule has 0 radical (unpaired) electrons. The van der Waals surface area contributed by atoms with Crippen molar-refractivity contribution in [3.8, 4) is 28.8 Å². The summed E-state index contributed by atoms with van der Waals surface area (Å²) in [6, 6.07) is 8.65. The molecule has 1 heterocycles. The lowest BCUT2D eigenvalue weighted by atomic mass is 9.48. The number of carbonyl (C=O) groups is 1. The third-order valence-corrected chi connectivity index (χ3v) is 5.48. The van der Waals surface area contributed by atoms with Gasteiger partial charge in [-0.25, -0.2) is 0 Å². The predicted molar refractivity (Wildman–Crippen MR) is 95.9 cm³/mol. The lowest BCUT2D eigenvalue weighted by Crippen LogP contribution is -2.49. The van der Waals surface area contributed by atoms with Gasteiger partial charge in [-0.2, -0.15) is 0 Å². The Morgan fingerprint density at radius 2 is 1.92 bits per heavy atom. The third kappa shape index (κ3) is 2.86. The number of hydrogen-bond donors (Lipinski definition) is 3. The number of phenolic OH excluding ortho intramolecular Hbond substituents is 1. The van der Waals surface area contributed by atoms with Gasteiger partial charge in [0.25, 0.3) is 0 Å². The van der Waals surface area contributed by atoms with E-state index in [1.54, 1.807) is 24.3 Å². The highest BCUT2D eigenvalue weighted by molar-refractivity contribution is 5.71. The minimum absolute atomic E-state index is 0.129. The SMILES string of the molecule is Nc1nnc(-c2ccccc2O)cc1C#CC1CC2(C1)CC(C(=O)O)C2. The number of carboxylic acids is 1. The highest BCUT2D eigenvalue weighted by atomic mass is 16.4. The maximum Gasteiger partial charge on any atom is 0.306 e. The van der Waals surface area contributed by atoms with Gasteiger partial charge < -0.3 is 15.9 Å². The van der Waals surface area contributed by atoms with Crippen molar-refractivity contribution in [1.29, 1.82) is 0 Å². The Labute approximate surface area is 151 Å². The molecule has 2 aliphatic carbocycles. The van der Waals surface area contributed by atoms with Gasteiger partial charge in [0.05, 0.1) is 17.2 Å². The molecular formula is C20H19N3O3. The molecule has 6 nitrogen and oxygen atoms in total. The summed E-state index contributed by atoms with van der Waals surface area (Å²) in [5.74, 6) is 6.12. The average molecular weight is 349 g/mol. The first-order valence-electron chi connectivity index (χ1n) is 8.62. The minimum Gasteiger partial charge on any atom is -0.507 e. The summed E-state index contributed by atoms with van der Waals surface area (Å²) in [5.41, 5.74) is 7.79. The Bertz CT molecular complexity index is 931. The molecule has 0 amide bonds. The first-order chi connectivity index (χ1) is 12.5. The van der Waals surface area contributed by atoms with Crippen LogP contribution in [0, 0.1) is 29.1 Å². The van der Waals surface area contributed by atoms with Crippen molar-refractivity contribution >= 4 is 11.8 Å². The fourth-order valence-corrected chi connectivity index (χ4v) is 4.08. The molecule has 2 saturated carbocycles. The van der Waals surface area contributed by atoms with Crippen molar-refractivity contribution in [1.82, 2.24) is 10.2 Å². The molecule has 4 N–H and O–H groups in total. The van der Waals surface area contributed by atoms with E-state index in [2.05, 4.69) is 22.0 Å². The highest BCUT2D eigenvalue weighted by Gasteiger charge is 2.54. The van der Waals surface area contributed by atoms with E-state index in [-0.39, 0.29) is 28.8 Å². The van der Waals surface area contributed by atoms with E-state index in [0.29, 0.717) is 16.8 Å². The second-order valence-corrected chi connectivity index (χ2v) is 7.36. The molecule has 1 aromatic heterocycles. The van der Waals surface area contributed by atoms with E-state index in [4.69, 9.17) is 10.8 Å². The Morgan fingerprint density at radius 1 is 1.19 bits per heavy atom. The largest absolute Gasteiger partial charge is 0.507 e. The van der Waals surface area contributed by atoms with Gasteiger partial charge in [0.15, 0.2) is 5.82 Å². The second kappa shape index (κ2) is 6.03. The molecule has 2 aliphatic rings. The zero-order valence-electron chi connectivity index (χ0n) is 14.1. The molecule has 2 fully saturated rings. The fourth-order valence-electron chi connectivity index (χ4n) is 4.08. The number of benzene rings is 1. The van der Waals surface area contributed by atoms with E-state index >= 15 is 0 Å². The zero-order valence-corrected chi connectivity index (χ0v) is 14.1. The summed E-state index contributed by atoms with van der Waals surface area (Å²) in [7, 11) is 0. The topological polar surface area (TPSA) is 109 Å². The van der Waals surface area contributed by atoms with Crippen molar-refractivity contribution in [3.05, 3.63) is 35.9 Å². The smallest absolute Gasteiger partial charge is 0.306 e. The molecule has 26 heavy (non-hydrogen) atoms. The molecule has 0 bridgehead atoms. The van der Waals surface area contributed by atoms with Crippen LogP contribution in [-0.4, -0.2) is 26.4 Å². The number of nitrogens with zero attached hydrogens (tertiary/aromatic N) is 2. The summed E-state index contributed by atoms with van der Waals surface area (Å²) < 4.78 is 0. The number of hydrogen-bond acceptors (Lipinski definition) is 5. The summed E-state index contributed by atoms with van der Waals surface area (Å²) in [6.45, 7) is 0. The standard InChI is InChI=1S/C20H19N3O3/c21-18-13(7-16(22-23-18)15-3-1-2-4-17(15)24)6-5-12-8-20(9-12)10-14(11-20)19(25)26/h1-4,7,12,14,24H,8-11H2,(H2,21,23)(H,25,26). The zero-order chi connectivity index (χ0) is 18.3. The molecule has 0 aliphatic heterocycles. The summed E-state index contributed by atoms with van der Waals surface area (Å²) >= 11 is 0. The first-order valence-corrected chi connectivity index (χ1v) is 8.62. The summed E-state index contributed by atoms with van der Waals surface area (Å²) in [4.78, 5) is 10.9. The molecule has 1 spiro atoms. The van der Waals surface area contributed by atoms with Gasteiger partial charge in [-0.3, -0.25) is 4.79 Å². The van der Waals surface area contributed by atoms with Gasteiger partial charge in [0, 0.05) is 11.5 Å². The second-order valence-electron chi connectivity index (χ2n) is 7.36. The number of nitrogens with two attached hydrogens (primary N) is 1. The van der Waals surface area contributed by atoms with Gasteiger partial charge in [-0.05, 0) is 49.3 Å². The fraction of sp³-hybridized carbons (Fsp3) is 0.350. The molecule has 1 aromatic carbocycles. The van der Waals surface area contributed by atoms with E-state index in [1.807, 2.05) is 6.07 Å². The van der Waals surface area contributed by atoms with E-state index < -0.39 is 5.97 Å². The lowest BCUT2D eigenvalue weighted by molar-refractivity contribution is -0.156. The van der Waals surface area contributed by atoms with Gasteiger partial charge in [0.1, 0.15) is 5.75 Å². The van der Waals surface area contributed by atoms with Gasteiger partial charge in [-0.15, -0.1) is 10.2 Å². The van der Waals surface area contributed by atoms with Crippen LogP contribution in [0.2, 0.25) is 0 Å². The van der Waals surface area contributed by atoms with Crippen LogP contribution in [0.5, 0.6) is 5.75 Å². The van der Waals surface area contributed by atoms with E-state index in [9.17, 15) is 9.90 Å². The Balaban J connectivity index is 1.47.